The van der Waals surface area contributed by atoms with E-state index in [9.17, 15) is 18.0 Å². The number of halogens is 1. The number of carbonyl (C=O) groups is 2. The first-order valence-electron chi connectivity index (χ1n) is 11.6. The molecule has 2 heterocycles. The third kappa shape index (κ3) is 6.48. The second kappa shape index (κ2) is 11.6. The molecule has 1 aliphatic rings. The first kappa shape index (κ1) is 25.8. The number of amides is 2. The molecule has 2 aromatic carbocycles. The number of nitrogens with zero attached hydrogens (tertiary/aromatic N) is 2. The van der Waals surface area contributed by atoms with E-state index in [1.807, 2.05) is 6.07 Å². The summed E-state index contributed by atoms with van der Waals surface area (Å²) >= 11 is 6.13. The minimum absolute atomic E-state index is 0.176. The van der Waals surface area contributed by atoms with E-state index in [-0.39, 0.29) is 36.6 Å². The summed E-state index contributed by atoms with van der Waals surface area (Å²) < 4.78 is 27.2. The van der Waals surface area contributed by atoms with Gasteiger partial charge in [0, 0.05) is 43.0 Å². The molecule has 0 aliphatic carbocycles. The fourth-order valence-electron chi connectivity index (χ4n) is 4.10. The number of carbonyl (C=O) groups excluding carboxylic acids is 2. The molecule has 1 aromatic heterocycles. The molecule has 2 amide bonds. The van der Waals surface area contributed by atoms with Gasteiger partial charge in [-0.1, -0.05) is 48.0 Å². The molecule has 0 saturated carbocycles. The van der Waals surface area contributed by atoms with Crippen LogP contribution >= 0.6 is 11.6 Å². The SMILES string of the molecule is O=C(NCc1cccnc1)c1ccccc1NC(=O)C1CCN(S(=O)(=O)Cc2ccccc2Cl)CC1. The highest BCUT2D eigenvalue weighted by Crippen LogP contribution is 2.26. The lowest BCUT2D eigenvalue weighted by Crippen LogP contribution is -2.42. The average Bonchev–Trinajstić information content (AvgIpc) is 2.89. The van der Waals surface area contributed by atoms with Crippen LogP contribution in [-0.2, 0) is 27.1 Å². The molecule has 0 radical (unpaired) electrons. The molecular weight excluding hydrogens is 500 g/mol. The Morgan fingerprint density at radius 2 is 1.72 bits per heavy atom. The summed E-state index contributed by atoms with van der Waals surface area (Å²) in [5, 5.41) is 6.12. The third-order valence-electron chi connectivity index (χ3n) is 6.12. The fraction of sp³-hybridized carbons (Fsp3) is 0.269. The van der Waals surface area contributed by atoms with Gasteiger partial charge in [-0.3, -0.25) is 14.6 Å². The Bertz CT molecular complexity index is 1330. The quantitative estimate of drug-likeness (QED) is 0.463. The van der Waals surface area contributed by atoms with E-state index in [0.29, 0.717) is 41.2 Å². The molecule has 10 heteroatoms. The van der Waals surface area contributed by atoms with E-state index >= 15 is 0 Å². The van der Waals surface area contributed by atoms with Crippen LogP contribution in [0.2, 0.25) is 5.02 Å². The fourth-order valence-corrected chi connectivity index (χ4v) is 5.98. The average molecular weight is 527 g/mol. The number of benzene rings is 2. The van der Waals surface area contributed by atoms with Gasteiger partial charge in [0.05, 0.1) is 17.0 Å². The van der Waals surface area contributed by atoms with Crippen molar-refractivity contribution in [2.45, 2.75) is 25.1 Å². The highest BCUT2D eigenvalue weighted by molar-refractivity contribution is 7.88. The molecule has 1 aliphatic heterocycles. The molecule has 36 heavy (non-hydrogen) atoms. The van der Waals surface area contributed by atoms with Crippen LogP contribution in [0.3, 0.4) is 0 Å². The number of aromatic nitrogens is 1. The standard InChI is InChI=1S/C26H27ClN4O4S/c27-23-9-3-1-7-21(23)18-36(34,35)31-14-11-20(12-15-31)25(32)30-24-10-4-2-8-22(24)26(33)29-17-19-6-5-13-28-16-19/h1-10,13,16,20H,11-12,14-15,17-18H2,(H,29,33)(H,30,32). The van der Waals surface area contributed by atoms with Crippen LogP contribution in [0.4, 0.5) is 5.69 Å². The van der Waals surface area contributed by atoms with Gasteiger partial charge in [0.1, 0.15) is 0 Å². The van der Waals surface area contributed by atoms with E-state index in [4.69, 9.17) is 11.6 Å². The van der Waals surface area contributed by atoms with Crippen molar-refractivity contribution < 1.29 is 18.0 Å². The van der Waals surface area contributed by atoms with E-state index in [2.05, 4.69) is 15.6 Å². The maximum absolute atomic E-state index is 13.0. The summed E-state index contributed by atoms with van der Waals surface area (Å²) in [5.74, 6) is -1.07. The molecule has 188 valence electrons. The molecule has 2 N–H and O–H groups in total. The van der Waals surface area contributed by atoms with Crippen LogP contribution < -0.4 is 10.6 Å². The Hall–Kier alpha value is -3.27. The number of anilines is 1. The summed E-state index contributed by atoms with van der Waals surface area (Å²) in [7, 11) is -3.55. The second-order valence-corrected chi connectivity index (χ2v) is 11.0. The topological polar surface area (TPSA) is 108 Å². The second-order valence-electron chi connectivity index (χ2n) is 8.60. The Morgan fingerprint density at radius 3 is 2.44 bits per heavy atom. The van der Waals surface area contributed by atoms with Crippen molar-refractivity contribution >= 4 is 39.1 Å². The first-order valence-corrected chi connectivity index (χ1v) is 13.6. The van der Waals surface area contributed by atoms with Crippen molar-refractivity contribution in [3.8, 4) is 0 Å². The lowest BCUT2D eigenvalue weighted by atomic mass is 9.97. The van der Waals surface area contributed by atoms with Gasteiger partial charge in [0.15, 0.2) is 0 Å². The minimum Gasteiger partial charge on any atom is -0.348 e. The number of hydrogen-bond donors (Lipinski definition) is 2. The van der Waals surface area contributed by atoms with Gasteiger partial charge < -0.3 is 10.6 Å². The van der Waals surface area contributed by atoms with Crippen molar-refractivity contribution in [3.05, 3.63) is 94.8 Å². The lowest BCUT2D eigenvalue weighted by Gasteiger charge is -2.30. The molecule has 3 aromatic rings. The van der Waals surface area contributed by atoms with Crippen LogP contribution in [0.15, 0.2) is 73.1 Å². The van der Waals surface area contributed by atoms with Crippen LogP contribution in [0.5, 0.6) is 0 Å². The maximum atomic E-state index is 13.0. The zero-order valence-electron chi connectivity index (χ0n) is 19.6. The van der Waals surface area contributed by atoms with Crippen molar-refractivity contribution in [1.82, 2.24) is 14.6 Å². The molecule has 0 bridgehead atoms. The number of piperidine rings is 1. The van der Waals surface area contributed by atoms with E-state index < -0.39 is 10.0 Å². The minimum atomic E-state index is -3.55. The number of rotatable bonds is 8. The molecule has 0 spiro atoms. The Labute approximate surface area is 215 Å². The van der Waals surface area contributed by atoms with Gasteiger partial charge in [0.25, 0.3) is 5.91 Å². The summed E-state index contributed by atoms with van der Waals surface area (Å²) in [6.07, 6.45) is 4.12. The van der Waals surface area contributed by atoms with Crippen molar-refractivity contribution in [1.29, 1.82) is 0 Å². The summed E-state index contributed by atoms with van der Waals surface area (Å²) in [6.45, 7) is 0.812. The molecule has 1 saturated heterocycles. The predicted octanol–water partition coefficient (Wildman–Crippen LogP) is 3.85. The van der Waals surface area contributed by atoms with Gasteiger partial charge in [-0.15, -0.1) is 0 Å². The number of sulfonamides is 1. The Morgan fingerprint density at radius 1 is 1.00 bits per heavy atom. The Kier molecular flexibility index (Phi) is 8.35. The highest BCUT2D eigenvalue weighted by atomic mass is 35.5. The molecule has 0 atom stereocenters. The van der Waals surface area contributed by atoms with Gasteiger partial charge in [-0.05, 0) is 48.2 Å². The van der Waals surface area contributed by atoms with Crippen molar-refractivity contribution in [2.75, 3.05) is 18.4 Å². The summed E-state index contributed by atoms with van der Waals surface area (Å²) in [5.41, 5.74) is 2.19. The van der Waals surface area contributed by atoms with E-state index in [1.54, 1.807) is 67.0 Å². The zero-order valence-corrected chi connectivity index (χ0v) is 21.1. The van der Waals surface area contributed by atoms with Gasteiger partial charge in [-0.25, -0.2) is 12.7 Å². The van der Waals surface area contributed by atoms with Crippen molar-refractivity contribution in [3.63, 3.8) is 0 Å². The Balaban J connectivity index is 1.34. The van der Waals surface area contributed by atoms with Gasteiger partial charge in [0.2, 0.25) is 15.9 Å². The molecular formula is C26H27ClN4O4S. The van der Waals surface area contributed by atoms with E-state index in [1.165, 1.54) is 4.31 Å². The van der Waals surface area contributed by atoms with Crippen LogP contribution in [0.25, 0.3) is 0 Å². The molecule has 0 unspecified atom stereocenters. The van der Waals surface area contributed by atoms with Crippen LogP contribution in [-0.4, -0.2) is 42.6 Å². The maximum Gasteiger partial charge on any atom is 0.253 e. The molecule has 4 rings (SSSR count). The number of pyridine rings is 1. The first-order chi connectivity index (χ1) is 17.3. The smallest absolute Gasteiger partial charge is 0.253 e. The van der Waals surface area contributed by atoms with E-state index in [0.717, 1.165) is 5.56 Å². The van der Waals surface area contributed by atoms with Crippen LogP contribution in [0, 0.1) is 5.92 Å². The predicted molar refractivity (Wildman–Crippen MR) is 139 cm³/mol. The normalized spacial score (nSPS) is 14.8. The number of hydrogen-bond acceptors (Lipinski definition) is 5. The number of nitrogens with one attached hydrogen (secondary N) is 2. The van der Waals surface area contributed by atoms with Gasteiger partial charge >= 0.3 is 0 Å². The van der Waals surface area contributed by atoms with Gasteiger partial charge in [-0.2, -0.15) is 0 Å². The zero-order chi connectivity index (χ0) is 25.5. The monoisotopic (exact) mass is 526 g/mol. The summed E-state index contributed by atoms with van der Waals surface area (Å²) in [4.78, 5) is 29.8. The van der Waals surface area contributed by atoms with Crippen molar-refractivity contribution in [2.24, 2.45) is 5.92 Å². The largest absolute Gasteiger partial charge is 0.348 e. The lowest BCUT2D eigenvalue weighted by molar-refractivity contribution is -0.120. The number of para-hydroxylation sites is 1. The summed E-state index contributed by atoms with van der Waals surface area (Å²) in [6, 6.07) is 17.3. The molecule has 1 fully saturated rings. The third-order valence-corrected chi connectivity index (χ3v) is 8.32. The molecule has 8 nitrogen and oxygen atoms in total. The highest BCUT2D eigenvalue weighted by Gasteiger charge is 2.32. The van der Waals surface area contributed by atoms with Crippen LogP contribution in [0.1, 0.15) is 34.3 Å².